The van der Waals surface area contributed by atoms with Crippen LogP contribution in [0, 0.1) is 0 Å². The Hall–Kier alpha value is -3.38. The molecule has 0 spiro atoms. The van der Waals surface area contributed by atoms with Gasteiger partial charge in [-0.2, -0.15) is 0 Å². The highest BCUT2D eigenvalue weighted by Crippen LogP contribution is 2.33. The van der Waals surface area contributed by atoms with E-state index in [4.69, 9.17) is 23.7 Å². The maximum Gasteiger partial charge on any atom is 0.509 e. The molecule has 0 radical (unpaired) electrons. The average molecular weight is 412 g/mol. The molecule has 0 amide bonds. The molecular formula is C17H20N2O10. The van der Waals surface area contributed by atoms with Gasteiger partial charge in [0.1, 0.15) is 19.3 Å². The largest absolute Gasteiger partial charge is 0.509 e. The third kappa shape index (κ3) is 5.56. The second-order valence-corrected chi connectivity index (χ2v) is 5.63. The van der Waals surface area contributed by atoms with Crippen LogP contribution in [-0.4, -0.2) is 65.1 Å². The lowest BCUT2D eigenvalue weighted by molar-refractivity contribution is -0.0658. The highest BCUT2D eigenvalue weighted by Gasteiger charge is 2.51. The first-order valence-corrected chi connectivity index (χ1v) is 8.37. The van der Waals surface area contributed by atoms with Crippen molar-refractivity contribution in [2.24, 2.45) is 0 Å². The third-order valence-electron chi connectivity index (χ3n) is 3.69. The molecule has 158 valence electrons. The summed E-state index contributed by atoms with van der Waals surface area (Å²) in [6, 6.07) is 1.04. The van der Waals surface area contributed by atoms with Crippen molar-refractivity contribution in [3.05, 3.63) is 58.4 Å². The highest BCUT2D eigenvalue weighted by molar-refractivity contribution is 5.61. The van der Waals surface area contributed by atoms with E-state index in [1.54, 1.807) is 0 Å². The van der Waals surface area contributed by atoms with E-state index in [1.165, 1.54) is 12.2 Å². The first kappa shape index (κ1) is 21.9. The molecule has 1 fully saturated rings. The molecule has 0 saturated carbocycles. The summed E-state index contributed by atoms with van der Waals surface area (Å²) in [5.74, 6) is 0. The van der Waals surface area contributed by atoms with Crippen LogP contribution in [-0.2, 0) is 23.7 Å². The van der Waals surface area contributed by atoms with E-state index < -0.39 is 54.7 Å². The number of carbonyl (C=O) groups excluding carboxylic acids is 2. The Morgan fingerprint density at radius 1 is 1.14 bits per heavy atom. The van der Waals surface area contributed by atoms with Gasteiger partial charge in [-0.25, -0.2) is 14.4 Å². The van der Waals surface area contributed by atoms with Crippen LogP contribution < -0.4 is 11.2 Å². The zero-order valence-electron chi connectivity index (χ0n) is 15.2. The number of aliphatic hydroxyl groups is 1. The zero-order chi connectivity index (χ0) is 21.4. The number of carbonyl (C=O) groups is 2. The molecule has 2 rings (SSSR count). The lowest BCUT2D eigenvalue weighted by Crippen LogP contribution is -2.42. The monoisotopic (exact) mass is 412 g/mol. The molecule has 12 heteroatoms. The topological polar surface area (TPSA) is 155 Å². The first-order chi connectivity index (χ1) is 13.9. The van der Waals surface area contributed by atoms with Crippen molar-refractivity contribution in [2.45, 2.75) is 24.5 Å². The van der Waals surface area contributed by atoms with Gasteiger partial charge in [-0.3, -0.25) is 14.3 Å². The van der Waals surface area contributed by atoms with Crippen LogP contribution in [0.4, 0.5) is 9.59 Å². The second kappa shape index (κ2) is 10.2. The minimum Gasteiger partial charge on any atom is -0.430 e. The number of rotatable bonds is 8. The van der Waals surface area contributed by atoms with Crippen molar-refractivity contribution in [3.63, 3.8) is 0 Å². The van der Waals surface area contributed by atoms with E-state index in [9.17, 15) is 24.3 Å². The summed E-state index contributed by atoms with van der Waals surface area (Å²) in [6.07, 6.45) is -3.87. The normalized spacial score (nSPS) is 23.1. The van der Waals surface area contributed by atoms with E-state index in [0.29, 0.717) is 0 Å². The van der Waals surface area contributed by atoms with E-state index >= 15 is 0 Å². The standard InChI is InChI=1S/C17H20N2O10/c1-3-7-25-16(23)28-12-10(9-20)27-14(13(12)29-17(24)26-8-4-2)19-6-5-11(21)18-15(19)22/h3-6,10,12-14,20H,1-2,7-9H2,(H,18,21,22)/t10-,12-,13-,14-/m1/s1. The van der Waals surface area contributed by atoms with Crippen LogP contribution >= 0.6 is 0 Å². The Morgan fingerprint density at radius 3 is 2.24 bits per heavy atom. The van der Waals surface area contributed by atoms with Crippen molar-refractivity contribution >= 4 is 12.3 Å². The zero-order valence-corrected chi connectivity index (χ0v) is 15.2. The Morgan fingerprint density at radius 2 is 1.72 bits per heavy atom. The number of aliphatic hydroxyl groups excluding tert-OH is 1. The van der Waals surface area contributed by atoms with Crippen molar-refractivity contribution in [2.75, 3.05) is 19.8 Å². The average Bonchev–Trinajstić information content (AvgIpc) is 3.01. The summed E-state index contributed by atoms with van der Waals surface area (Å²) in [6.45, 7) is 5.83. The number of H-pyrrole nitrogens is 1. The van der Waals surface area contributed by atoms with Crippen LogP contribution in [0.15, 0.2) is 47.2 Å². The minimum absolute atomic E-state index is 0.147. The van der Waals surface area contributed by atoms with Crippen LogP contribution in [0.2, 0.25) is 0 Å². The molecule has 1 saturated heterocycles. The van der Waals surface area contributed by atoms with Crippen LogP contribution in [0.3, 0.4) is 0 Å². The number of nitrogens with zero attached hydrogens (tertiary/aromatic N) is 1. The SMILES string of the molecule is C=CCOC(=O)O[C@@H]1[C@H](OC(=O)OCC=C)[C@@H](CO)O[C@H]1n1ccc(=O)[nH]c1=O. The fourth-order valence-corrected chi connectivity index (χ4v) is 2.52. The molecule has 12 nitrogen and oxygen atoms in total. The van der Waals surface area contributed by atoms with E-state index in [2.05, 4.69) is 13.2 Å². The van der Waals surface area contributed by atoms with Gasteiger partial charge >= 0.3 is 18.0 Å². The van der Waals surface area contributed by atoms with Gasteiger partial charge in [0.2, 0.25) is 0 Å². The van der Waals surface area contributed by atoms with Crippen LogP contribution in [0.5, 0.6) is 0 Å². The molecule has 0 aliphatic carbocycles. The molecular weight excluding hydrogens is 392 g/mol. The van der Waals surface area contributed by atoms with Gasteiger partial charge < -0.3 is 28.8 Å². The van der Waals surface area contributed by atoms with Crippen molar-refractivity contribution in [1.29, 1.82) is 0 Å². The molecule has 1 aliphatic heterocycles. The molecule has 1 aliphatic rings. The molecule has 0 bridgehead atoms. The smallest absolute Gasteiger partial charge is 0.430 e. The number of hydrogen-bond acceptors (Lipinski definition) is 10. The third-order valence-corrected chi connectivity index (χ3v) is 3.69. The summed E-state index contributed by atoms with van der Waals surface area (Å²) >= 11 is 0. The molecule has 1 aromatic rings. The van der Waals surface area contributed by atoms with Gasteiger partial charge in [-0.1, -0.05) is 25.3 Å². The Kier molecular flexibility index (Phi) is 7.74. The van der Waals surface area contributed by atoms with Crippen LogP contribution in [0.1, 0.15) is 6.23 Å². The predicted molar refractivity (Wildman–Crippen MR) is 95.2 cm³/mol. The van der Waals surface area contributed by atoms with Gasteiger partial charge in [0.15, 0.2) is 18.4 Å². The van der Waals surface area contributed by atoms with Gasteiger partial charge in [-0.15, -0.1) is 0 Å². The lowest BCUT2D eigenvalue weighted by Gasteiger charge is -2.23. The van der Waals surface area contributed by atoms with E-state index in [0.717, 1.165) is 16.8 Å². The maximum atomic E-state index is 12.1. The Labute approximate surface area is 163 Å². The van der Waals surface area contributed by atoms with E-state index in [1.807, 2.05) is 4.98 Å². The molecule has 29 heavy (non-hydrogen) atoms. The van der Waals surface area contributed by atoms with Gasteiger partial charge in [0.25, 0.3) is 5.56 Å². The van der Waals surface area contributed by atoms with Gasteiger partial charge in [0, 0.05) is 12.3 Å². The van der Waals surface area contributed by atoms with Crippen molar-refractivity contribution < 1.29 is 38.4 Å². The quantitative estimate of drug-likeness (QED) is 0.434. The minimum atomic E-state index is -1.41. The molecule has 4 atom stereocenters. The van der Waals surface area contributed by atoms with Gasteiger partial charge in [0.05, 0.1) is 6.61 Å². The predicted octanol–water partition coefficient (Wildman–Crippen LogP) is -0.158. The number of ether oxygens (including phenoxy) is 5. The summed E-state index contributed by atoms with van der Waals surface area (Å²) in [5.41, 5.74) is -1.53. The first-order valence-electron chi connectivity index (χ1n) is 8.37. The van der Waals surface area contributed by atoms with Gasteiger partial charge in [-0.05, 0) is 0 Å². The number of hydrogen-bond donors (Lipinski definition) is 2. The summed E-state index contributed by atoms with van der Waals surface area (Å²) < 4.78 is 26.2. The lowest BCUT2D eigenvalue weighted by atomic mass is 10.1. The number of nitrogens with one attached hydrogen (secondary N) is 1. The molecule has 1 aromatic heterocycles. The van der Waals surface area contributed by atoms with Crippen molar-refractivity contribution in [3.8, 4) is 0 Å². The second-order valence-electron chi connectivity index (χ2n) is 5.63. The number of aromatic amines is 1. The summed E-state index contributed by atoms with van der Waals surface area (Å²) in [4.78, 5) is 49.2. The van der Waals surface area contributed by atoms with Crippen molar-refractivity contribution in [1.82, 2.24) is 9.55 Å². The fraction of sp³-hybridized carbons (Fsp3) is 0.412. The molecule has 2 heterocycles. The maximum absolute atomic E-state index is 12.1. The Balaban J connectivity index is 2.34. The summed E-state index contributed by atoms with van der Waals surface area (Å²) in [7, 11) is 0. The Bertz CT molecular complexity index is 860. The highest BCUT2D eigenvalue weighted by atomic mass is 16.8. The fourth-order valence-electron chi connectivity index (χ4n) is 2.52. The van der Waals surface area contributed by atoms with E-state index in [-0.39, 0.29) is 13.2 Å². The summed E-state index contributed by atoms with van der Waals surface area (Å²) in [5, 5.41) is 9.59. The number of aromatic nitrogens is 2. The molecule has 2 N–H and O–H groups in total. The molecule has 0 unspecified atom stereocenters. The van der Waals surface area contributed by atoms with Crippen LogP contribution in [0.25, 0.3) is 0 Å². The molecule has 0 aromatic carbocycles.